The van der Waals surface area contributed by atoms with Gasteiger partial charge in [-0.2, -0.15) is 0 Å². The summed E-state index contributed by atoms with van der Waals surface area (Å²) in [5, 5.41) is 7.30. The number of aromatic nitrogens is 3. The summed E-state index contributed by atoms with van der Waals surface area (Å²) < 4.78 is 7.25. The van der Waals surface area contributed by atoms with Gasteiger partial charge in [0.05, 0.1) is 50.2 Å². The number of benzene rings is 7. The fraction of sp³-hybridized carbons (Fsp3) is 0. The Morgan fingerprint density at radius 1 is 0.304 bits per heavy atom. The van der Waals surface area contributed by atoms with Gasteiger partial charge in [-0.1, -0.05) is 109 Å². The Morgan fingerprint density at radius 3 is 0.826 bits per heavy atom. The van der Waals surface area contributed by atoms with Gasteiger partial charge in [0, 0.05) is 38.0 Å². The molecule has 216 valence electrons. The molecule has 0 amide bonds. The number of fused-ring (bicyclic) bond motifs is 9. The van der Waals surface area contributed by atoms with Crippen LogP contribution in [0, 0.1) is 0 Å². The summed E-state index contributed by atoms with van der Waals surface area (Å²) in [7, 11) is 0. The maximum atomic E-state index is 6.96. The molecule has 0 fully saturated rings. The molecule has 10 aromatic rings. The minimum absolute atomic E-state index is 0.707. The molecule has 0 aliphatic rings. The lowest BCUT2D eigenvalue weighted by Crippen LogP contribution is -2.10. The highest BCUT2D eigenvalue weighted by molar-refractivity contribution is 6.13. The van der Waals surface area contributed by atoms with Crippen molar-refractivity contribution >= 4 is 71.1 Å². The van der Waals surface area contributed by atoms with E-state index in [1.165, 1.54) is 32.3 Å². The van der Waals surface area contributed by atoms with Crippen LogP contribution in [-0.2, 0) is 0 Å². The summed E-state index contributed by atoms with van der Waals surface area (Å²) in [4.78, 5) is 0. The summed E-state index contributed by atoms with van der Waals surface area (Å²) in [6.07, 6.45) is 0. The molecule has 4 heteroatoms. The molecule has 4 nitrogen and oxygen atoms in total. The van der Waals surface area contributed by atoms with Gasteiger partial charge in [0.1, 0.15) is 0 Å². The van der Waals surface area contributed by atoms with E-state index in [-0.39, 0.29) is 0 Å². The van der Waals surface area contributed by atoms with Gasteiger partial charge in [-0.15, -0.1) is 0 Å². The molecular weight excluding hydrogens is 560 g/mol. The fourth-order valence-electron chi connectivity index (χ4n) is 7.72. The molecule has 0 radical (unpaired) electrons. The highest BCUT2D eigenvalue weighted by Gasteiger charge is 2.25. The predicted octanol–water partition coefficient (Wildman–Crippen LogP) is 10.6. The SMILES string of the molecule is Nc1cc(-n2c3ccccc3c3ccccc32)c(-n2c3ccccc3c3ccccc32)c(-n2c3ccccc3c3ccccc32)c1. The number of hydrogen-bond donors (Lipinski definition) is 1. The first-order valence-electron chi connectivity index (χ1n) is 15.7. The van der Waals surface area contributed by atoms with E-state index in [1.807, 2.05) is 0 Å². The lowest BCUT2D eigenvalue weighted by atomic mass is 10.1. The number of para-hydroxylation sites is 6. The van der Waals surface area contributed by atoms with Gasteiger partial charge in [0.25, 0.3) is 0 Å². The second-order valence-corrected chi connectivity index (χ2v) is 12.0. The molecule has 0 bridgehead atoms. The van der Waals surface area contributed by atoms with E-state index >= 15 is 0 Å². The van der Waals surface area contributed by atoms with Gasteiger partial charge >= 0.3 is 0 Å². The van der Waals surface area contributed by atoms with E-state index in [9.17, 15) is 0 Å². The molecule has 3 aromatic heterocycles. The van der Waals surface area contributed by atoms with Crippen molar-refractivity contribution in [3.63, 3.8) is 0 Å². The summed E-state index contributed by atoms with van der Waals surface area (Å²) in [5.41, 5.74) is 17.7. The van der Waals surface area contributed by atoms with Crippen LogP contribution in [0.3, 0.4) is 0 Å². The van der Waals surface area contributed by atoms with E-state index in [1.54, 1.807) is 0 Å². The second kappa shape index (κ2) is 9.37. The van der Waals surface area contributed by atoms with Crippen LogP contribution < -0.4 is 5.73 Å². The molecule has 0 unspecified atom stereocenters. The van der Waals surface area contributed by atoms with Crippen molar-refractivity contribution in [2.45, 2.75) is 0 Å². The zero-order valence-electron chi connectivity index (χ0n) is 24.9. The molecule has 10 rings (SSSR count). The van der Waals surface area contributed by atoms with Crippen molar-refractivity contribution in [2.75, 3.05) is 5.73 Å². The molecule has 2 N–H and O–H groups in total. The summed E-state index contributed by atoms with van der Waals surface area (Å²) in [5.74, 6) is 0. The van der Waals surface area contributed by atoms with Crippen molar-refractivity contribution in [1.82, 2.24) is 13.7 Å². The van der Waals surface area contributed by atoms with Gasteiger partial charge in [-0.25, -0.2) is 0 Å². The second-order valence-electron chi connectivity index (χ2n) is 12.0. The van der Waals surface area contributed by atoms with E-state index < -0.39 is 0 Å². The number of nitrogen functional groups attached to an aromatic ring is 1. The molecule has 0 spiro atoms. The monoisotopic (exact) mass is 588 g/mol. The van der Waals surface area contributed by atoms with Crippen LogP contribution in [0.5, 0.6) is 0 Å². The Balaban J connectivity index is 1.48. The minimum Gasteiger partial charge on any atom is -0.399 e. The topological polar surface area (TPSA) is 40.8 Å². The van der Waals surface area contributed by atoms with Gasteiger partial charge in [-0.3, -0.25) is 0 Å². The van der Waals surface area contributed by atoms with E-state index in [0.29, 0.717) is 5.69 Å². The molecule has 0 saturated heterocycles. The Morgan fingerprint density at radius 2 is 0.543 bits per heavy atom. The minimum atomic E-state index is 0.707. The van der Waals surface area contributed by atoms with Crippen LogP contribution in [0.25, 0.3) is 82.5 Å². The van der Waals surface area contributed by atoms with Crippen molar-refractivity contribution in [3.8, 4) is 17.1 Å². The average molecular weight is 589 g/mol. The molecule has 46 heavy (non-hydrogen) atoms. The third kappa shape index (κ3) is 3.33. The quantitative estimate of drug-likeness (QED) is 0.205. The average Bonchev–Trinajstić information content (AvgIpc) is 3.74. The Labute approximate surface area is 264 Å². The largest absolute Gasteiger partial charge is 0.399 e. The smallest absolute Gasteiger partial charge is 0.0948 e. The lowest BCUT2D eigenvalue weighted by Gasteiger charge is -2.23. The van der Waals surface area contributed by atoms with Crippen LogP contribution >= 0.6 is 0 Å². The summed E-state index contributed by atoms with van der Waals surface area (Å²) >= 11 is 0. The molecule has 3 heterocycles. The third-order valence-corrected chi connectivity index (χ3v) is 9.54. The molecule has 0 atom stereocenters. The zero-order chi connectivity index (χ0) is 30.4. The lowest BCUT2D eigenvalue weighted by molar-refractivity contribution is 1.05. The van der Waals surface area contributed by atoms with Crippen LogP contribution in [0.2, 0.25) is 0 Å². The predicted molar refractivity (Wildman–Crippen MR) is 194 cm³/mol. The first-order valence-corrected chi connectivity index (χ1v) is 15.7. The normalized spacial score (nSPS) is 12.0. The Hall–Kier alpha value is -6.26. The van der Waals surface area contributed by atoms with Crippen LogP contribution in [-0.4, -0.2) is 13.7 Å². The maximum absolute atomic E-state index is 6.96. The summed E-state index contributed by atoms with van der Waals surface area (Å²) in [6.45, 7) is 0. The van der Waals surface area contributed by atoms with Crippen molar-refractivity contribution in [1.29, 1.82) is 0 Å². The molecule has 0 saturated carbocycles. The molecule has 0 aliphatic heterocycles. The number of anilines is 1. The Bertz CT molecular complexity index is 2530. The van der Waals surface area contributed by atoms with E-state index in [0.717, 1.165) is 50.2 Å². The van der Waals surface area contributed by atoms with Gasteiger partial charge < -0.3 is 19.4 Å². The Kier molecular flexibility index (Phi) is 5.11. The first-order chi connectivity index (χ1) is 22.8. The van der Waals surface area contributed by atoms with Crippen LogP contribution in [0.4, 0.5) is 5.69 Å². The van der Waals surface area contributed by atoms with Crippen LogP contribution in [0.1, 0.15) is 0 Å². The van der Waals surface area contributed by atoms with Gasteiger partial charge in [0.2, 0.25) is 0 Å². The number of hydrogen-bond acceptors (Lipinski definition) is 1. The van der Waals surface area contributed by atoms with Crippen molar-refractivity contribution in [2.24, 2.45) is 0 Å². The zero-order valence-corrected chi connectivity index (χ0v) is 24.9. The van der Waals surface area contributed by atoms with Crippen molar-refractivity contribution < 1.29 is 0 Å². The number of nitrogens with two attached hydrogens (primary N) is 1. The molecular formula is C42H28N4. The van der Waals surface area contributed by atoms with E-state index in [4.69, 9.17) is 5.73 Å². The molecule has 7 aromatic carbocycles. The van der Waals surface area contributed by atoms with Gasteiger partial charge in [0.15, 0.2) is 0 Å². The first kappa shape index (κ1) is 25.1. The highest BCUT2D eigenvalue weighted by Crippen LogP contribution is 2.43. The van der Waals surface area contributed by atoms with Crippen molar-refractivity contribution in [3.05, 3.63) is 158 Å². The number of rotatable bonds is 3. The van der Waals surface area contributed by atoms with Crippen LogP contribution in [0.15, 0.2) is 158 Å². The maximum Gasteiger partial charge on any atom is 0.0948 e. The third-order valence-electron chi connectivity index (χ3n) is 9.54. The molecule has 0 aliphatic carbocycles. The summed E-state index contributed by atoms with van der Waals surface area (Å²) in [6, 6.07) is 56.5. The van der Waals surface area contributed by atoms with E-state index in [2.05, 4.69) is 171 Å². The number of nitrogens with zero attached hydrogens (tertiary/aromatic N) is 3. The highest BCUT2D eigenvalue weighted by atomic mass is 15.1. The fourth-order valence-corrected chi connectivity index (χ4v) is 7.72. The standard InChI is InChI=1S/C42H28N4/c43-27-25-40(44-34-19-7-1-13-28(34)29-14-2-8-20-35(29)44)42(46-38-23-11-5-17-32(38)33-18-6-12-24-39(33)46)41(26-27)45-36-21-9-3-15-30(36)31-16-4-10-22-37(31)45/h1-26H,43H2. The van der Waals surface area contributed by atoms with Gasteiger partial charge in [-0.05, 0) is 48.5 Å².